The van der Waals surface area contributed by atoms with E-state index < -0.39 is 11.3 Å². The van der Waals surface area contributed by atoms with E-state index in [1.807, 2.05) is 0 Å². The molecule has 1 fully saturated rings. The van der Waals surface area contributed by atoms with Crippen LogP contribution >= 0.6 is 0 Å². The summed E-state index contributed by atoms with van der Waals surface area (Å²) in [6.45, 7) is 0. The zero-order valence-corrected chi connectivity index (χ0v) is 8.12. The Morgan fingerprint density at radius 1 is 1.27 bits per heavy atom. The molecule has 15 heavy (non-hydrogen) atoms. The number of aromatic amines is 1. The second-order valence-corrected chi connectivity index (χ2v) is 4.38. The van der Waals surface area contributed by atoms with Crippen LogP contribution in [0.4, 0.5) is 0 Å². The van der Waals surface area contributed by atoms with Crippen LogP contribution in [0.25, 0.3) is 0 Å². The molecule has 0 radical (unpaired) electrons. The Hall–Kier alpha value is -1.58. The predicted octanol–water partition coefficient (Wildman–Crippen LogP) is 0.805. The summed E-state index contributed by atoms with van der Waals surface area (Å²) in [7, 11) is 0. The van der Waals surface area contributed by atoms with Gasteiger partial charge in [-0.15, -0.1) is 0 Å². The van der Waals surface area contributed by atoms with E-state index in [-0.39, 0.29) is 5.43 Å². The molecule has 2 aliphatic carbocycles. The van der Waals surface area contributed by atoms with Crippen LogP contribution in [0.2, 0.25) is 0 Å². The summed E-state index contributed by atoms with van der Waals surface area (Å²) < 4.78 is 0. The fourth-order valence-electron chi connectivity index (χ4n) is 2.90. The minimum Gasteiger partial charge on any atom is -0.503 e. The molecule has 0 spiro atoms. The van der Waals surface area contributed by atoms with Crippen molar-refractivity contribution in [2.24, 2.45) is 0 Å². The molecule has 78 valence electrons. The maximum atomic E-state index is 11.8. The van der Waals surface area contributed by atoms with E-state index >= 15 is 0 Å². The van der Waals surface area contributed by atoms with Crippen LogP contribution < -0.4 is 11.0 Å². The third-order valence-corrected chi connectivity index (χ3v) is 3.55. The highest BCUT2D eigenvalue weighted by atomic mass is 16.3. The number of fused-ring (bicyclic) bond motifs is 5. The highest BCUT2D eigenvalue weighted by Crippen LogP contribution is 2.50. The van der Waals surface area contributed by atoms with Gasteiger partial charge in [0.25, 0.3) is 5.56 Å². The summed E-state index contributed by atoms with van der Waals surface area (Å²) in [6, 6.07) is 1.04. The van der Waals surface area contributed by atoms with Crippen molar-refractivity contribution >= 4 is 0 Å². The summed E-state index contributed by atoms with van der Waals surface area (Å²) in [5.74, 6) is 0.131. The molecular formula is C11H11NO3. The number of H-pyrrole nitrogens is 1. The van der Waals surface area contributed by atoms with Gasteiger partial charge in [-0.2, -0.15) is 0 Å². The van der Waals surface area contributed by atoms with E-state index in [9.17, 15) is 14.7 Å². The molecular weight excluding hydrogens is 194 g/mol. The van der Waals surface area contributed by atoms with E-state index in [4.69, 9.17) is 0 Å². The summed E-state index contributed by atoms with van der Waals surface area (Å²) in [5.41, 5.74) is 0.735. The Bertz CT molecular complexity index is 547. The molecule has 2 bridgehead atoms. The van der Waals surface area contributed by atoms with Crippen molar-refractivity contribution in [3.05, 3.63) is 37.9 Å². The molecule has 0 aliphatic heterocycles. The molecule has 1 heterocycles. The molecule has 0 saturated heterocycles. The van der Waals surface area contributed by atoms with Crippen molar-refractivity contribution in [3.8, 4) is 5.75 Å². The summed E-state index contributed by atoms with van der Waals surface area (Å²) in [5, 5.41) is 9.28. The topological polar surface area (TPSA) is 70.2 Å². The maximum Gasteiger partial charge on any atom is 0.290 e. The number of nitrogens with one attached hydrogen (secondary N) is 1. The van der Waals surface area contributed by atoms with Crippen molar-refractivity contribution in [2.45, 2.75) is 31.1 Å². The SMILES string of the molecule is O=c1cc(O)c(=O)[nH]c2c1C1CCC2C1. The second-order valence-electron chi connectivity index (χ2n) is 4.38. The minimum absolute atomic E-state index is 0.201. The average Bonchev–Trinajstić information content (AvgIpc) is 2.74. The van der Waals surface area contributed by atoms with Gasteiger partial charge in [-0.05, 0) is 25.2 Å². The molecule has 1 saturated carbocycles. The van der Waals surface area contributed by atoms with Crippen molar-refractivity contribution in [3.63, 3.8) is 0 Å². The van der Waals surface area contributed by atoms with E-state index in [1.165, 1.54) is 0 Å². The van der Waals surface area contributed by atoms with Crippen molar-refractivity contribution in [1.29, 1.82) is 0 Å². The quantitative estimate of drug-likeness (QED) is 0.658. The van der Waals surface area contributed by atoms with Crippen molar-refractivity contribution in [1.82, 2.24) is 4.98 Å². The molecule has 2 unspecified atom stereocenters. The second kappa shape index (κ2) is 2.72. The first kappa shape index (κ1) is 8.71. The van der Waals surface area contributed by atoms with Gasteiger partial charge in [-0.3, -0.25) is 9.59 Å². The number of hydrogen-bond donors (Lipinski definition) is 2. The Balaban J connectivity index is 2.42. The van der Waals surface area contributed by atoms with Gasteiger partial charge in [-0.25, -0.2) is 0 Å². The van der Waals surface area contributed by atoms with Crippen molar-refractivity contribution < 1.29 is 5.11 Å². The van der Waals surface area contributed by atoms with Crippen LogP contribution in [-0.4, -0.2) is 10.1 Å². The van der Waals surface area contributed by atoms with Crippen LogP contribution in [0.15, 0.2) is 15.7 Å². The standard InChI is InChI=1S/C11H11NO3/c13-7-4-8(14)11(15)12-10-6-2-1-5(3-6)9(7)10/h4-6,14H,1-3H2,(H,12,15). The lowest BCUT2D eigenvalue weighted by atomic mass is 9.97. The van der Waals surface area contributed by atoms with Gasteiger partial charge in [0, 0.05) is 23.2 Å². The summed E-state index contributed by atoms with van der Waals surface area (Å²) in [6.07, 6.45) is 3.04. The van der Waals surface area contributed by atoms with Crippen LogP contribution in [0.1, 0.15) is 42.4 Å². The number of rotatable bonds is 0. The fraction of sp³-hybridized carbons (Fsp3) is 0.455. The zero-order chi connectivity index (χ0) is 10.6. The van der Waals surface area contributed by atoms with E-state index in [2.05, 4.69) is 4.98 Å². The Kier molecular flexibility index (Phi) is 1.58. The fourth-order valence-corrected chi connectivity index (χ4v) is 2.90. The third-order valence-electron chi connectivity index (χ3n) is 3.55. The maximum absolute atomic E-state index is 11.8. The normalized spacial score (nSPS) is 26.7. The van der Waals surface area contributed by atoms with Crippen LogP contribution in [-0.2, 0) is 0 Å². The molecule has 1 aromatic heterocycles. The average molecular weight is 205 g/mol. The van der Waals surface area contributed by atoms with E-state index in [0.29, 0.717) is 11.8 Å². The lowest BCUT2D eigenvalue weighted by Gasteiger charge is -2.09. The molecule has 1 aromatic rings. The van der Waals surface area contributed by atoms with E-state index in [0.717, 1.165) is 36.6 Å². The molecule has 4 nitrogen and oxygen atoms in total. The van der Waals surface area contributed by atoms with Crippen LogP contribution in [0, 0.1) is 0 Å². The molecule has 4 heteroatoms. The lowest BCUT2D eigenvalue weighted by molar-refractivity contribution is 0.467. The molecule has 2 N–H and O–H groups in total. The Morgan fingerprint density at radius 2 is 2.00 bits per heavy atom. The van der Waals surface area contributed by atoms with Crippen LogP contribution in [0.3, 0.4) is 0 Å². The van der Waals surface area contributed by atoms with Crippen LogP contribution in [0.5, 0.6) is 5.75 Å². The largest absolute Gasteiger partial charge is 0.503 e. The number of hydrogen-bond acceptors (Lipinski definition) is 3. The van der Waals surface area contributed by atoms with Gasteiger partial charge >= 0.3 is 0 Å². The van der Waals surface area contributed by atoms with Gasteiger partial charge in [0.05, 0.1) is 0 Å². The number of aromatic nitrogens is 1. The predicted molar refractivity (Wildman–Crippen MR) is 54.3 cm³/mol. The first-order chi connectivity index (χ1) is 7.16. The molecule has 0 aromatic carbocycles. The van der Waals surface area contributed by atoms with E-state index in [1.54, 1.807) is 0 Å². The summed E-state index contributed by atoms with van der Waals surface area (Å²) in [4.78, 5) is 25.8. The molecule has 0 amide bonds. The van der Waals surface area contributed by atoms with Gasteiger partial charge < -0.3 is 10.1 Å². The van der Waals surface area contributed by atoms with Gasteiger partial charge in [0.2, 0.25) is 0 Å². The van der Waals surface area contributed by atoms with Crippen molar-refractivity contribution in [2.75, 3.05) is 0 Å². The Labute approximate surface area is 85.6 Å². The molecule has 2 aliphatic rings. The molecule has 2 atom stereocenters. The molecule has 3 rings (SSSR count). The summed E-state index contributed by atoms with van der Waals surface area (Å²) >= 11 is 0. The smallest absolute Gasteiger partial charge is 0.290 e. The Morgan fingerprint density at radius 3 is 2.80 bits per heavy atom. The van der Waals surface area contributed by atoms with Gasteiger partial charge in [0.15, 0.2) is 11.2 Å². The highest BCUT2D eigenvalue weighted by molar-refractivity contribution is 5.37. The number of aromatic hydroxyl groups is 1. The first-order valence-corrected chi connectivity index (χ1v) is 5.17. The highest BCUT2D eigenvalue weighted by Gasteiger charge is 2.39. The minimum atomic E-state index is -0.555. The lowest BCUT2D eigenvalue weighted by Crippen LogP contribution is -2.11. The monoisotopic (exact) mass is 205 g/mol. The third kappa shape index (κ3) is 1.07. The van der Waals surface area contributed by atoms with Gasteiger partial charge in [-0.1, -0.05) is 0 Å². The van der Waals surface area contributed by atoms with Gasteiger partial charge in [0.1, 0.15) is 0 Å². The zero-order valence-electron chi connectivity index (χ0n) is 8.12. The first-order valence-electron chi connectivity index (χ1n) is 5.17.